The van der Waals surface area contributed by atoms with Gasteiger partial charge in [0.1, 0.15) is 18.1 Å². The molecule has 6 nitrogen and oxygen atoms in total. The Balaban J connectivity index is 1.56. The van der Waals surface area contributed by atoms with Crippen LogP contribution in [0, 0.1) is 10.1 Å². The smallest absolute Gasteiger partial charge is 0.338 e. The summed E-state index contributed by atoms with van der Waals surface area (Å²) in [4.78, 5) is 22.2. The Kier molecular flexibility index (Phi) is 5.83. The molecule has 0 aliphatic carbocycles. The van der Waals surface area contributed by atoms with Gasteiger partial charge in [0.15, 0.2) is 0 Å². The minimum Gasteiger partial charge on any atom is -0.457 e. The van der Waals surface area contributed by atoms with Crippen LogP contribution < -0.4 is 4.74 Å². The second kappa shape index (κ2) is 8.46. The predicted octanol–water partition coefficient (Wildman–Crippen LogP) is 5.51. The normalized spacial score (nSPS) is 10.3. The Labute approximate surface area is 163 Å². The van der Waals surface area contributed by atoms with Crippen LogP contribution in [0.25, 0.3) is 0 Å². The number of esters is 1. The number of rotatable bonds is 6. The third kappa shape index (κ3) is 5.15. The van der Waals surface area contributed by atoms with Gasteiger partial charge >= 0.3 is 5.97 Å². The third-order valence-electron chi connectivity index (χ3n) is 3.66. The van der Waals surface area contributed by atoms with Gasteiger partial charge in [-0.1, -0.05) is 28.1 Å². The van der Waals surface area contributed by atoms with Crippen molar-refractivity contribution in [2.45, 2.75) is 6.61 Å². The predicted molar refractivity (Wildman–Crippen MR) is 103 cm³/mol. The van der Waals surface area contributed by atoms with Crippen LogP contribution in [0.15, 0.2) is 77.3 Å². The minimum atomic E-state index is -0.464. The van der Waals surface area contributed by atoms with Crippen molar-refractivity contribution >= 4 is 27.6 Å². The van der Waals surface area contributed by atoms with Crippen molar-refractivity contribution in [3.63, 3.8) is 0 Å². The average Bonchev–Trinajstić information content (AvgIpc) is 2.68. The summed E-state index contributed by atoms with van der Waals surface area (Å²) in [7, 11) is 0. The van der Waals surface area contributed by atoms with Crippen LogP contribution in [-0.4, -0.2) is 10.9 Å². The van der Waals surface area contributed by atoms with Crippen LogP contribution in [-0.2, 0) is 11.3 Å². The summed E-state index contributed by atoms with van der Waals surface area (Å²) >= 11 is 3.32. The molecule has 27 heavy (non-hydrogen) atoms. The van der Waals surface area contributed by atoms with Gasteiger partial charge in [-0.3, -0.25) is 10.1 Å². The van der Waals surface area contributed by atoms with E-state index in [0.29, 0.717) is 17.1 Å². The van der Waals surface area contributed by atoms with E-state index in [1.165, 1.54) is 24.3 Å². The first-order valence-electron chi connectivity index (χ1n) is 7.95. The Bertz CT molecular complexity index is 938. The third-order valence-corrected chi connectivity index (χ3v) is 4.19. The van der Waals surface area contributed by atoms with Gasteiger partial charge in [-0.05, 0) is 54.1 Å². The first kappa shape index (κ1) is 18.6. The number of halogens is 1. The Morgan fingerprint density at radius 3 is 2.00 bits per heavy atom. The van der Waals surface area contributed by atoms with Gasteiger partial charge in [-0.15, -0.1) is 0 Å². The number of carbonyl (C=O) groups is 1. The van der Waals surface area contributed by atoms with E-state index < -0.39 is 10.9 Å². The Morgan fingerprint density at radius 1 is 0.889 bits per heavy atom. The number of hydrogen-bond donors (Lipinski definition) is 0. The molecule has 0 aromatic heterocycles. The zero-order valence-electron chi connectivity index (χ0n) is 14.0. The number of non-ortho nitro benzene ring substituents is 1. The monoisotopic (exact) mass is 427 g/mol. The standard InChI is InChI=1S/C20H14BrNO5/c21-16-5-3-15(4-6-16)20(23)26-13-14-1-9-18(10-2-14)27-19-11-7-17(8-12-19)22(24)25/h1-12H,13H2. The molecule has 0 bridgehead atoms. The zero-order valence-corrected chi connectivity index (χ0v) is 15.6. The molecule has 0 fully saturated rings. The van der Waals surface area contributed by atoms with E-state index in [4.69, 9.17) is 9.47 Å². The molecule has 0 amide bonds. The zero-order chi connectivity index (χ0) is 19.2. The summed E-state index contributed by atoms with van der Waals surface area (Å²) in [5, 5.41) is 10.6. The van der Waals surface area contributed by atoms with Gasteiger partial charge in [-0.25, -0.2) is 4.79 Å². The molecule has 0 radical (unpaired) electrons. The number of nitro groups is 1. The van der Waals surface area contributed by atoms with Crippen molar-refractivity contribution in [2.75, 3.05) is 0 Å². The number of benzene rings is 3. The first-order chi connectivity index (χ1) is 13.0. The molecule has 0 unspecified atom stereocenters. The van der Waals surface area contributed by atoms with E-state index in [1.54, 1.807) is 48.5 Å². The lowest BCUT2D eigenvalue weighted by Gasteiger charge is -2.08. The number of nitrogens with zero attached hydrogens (tertiary/aromatic N) is 1. The van der Waals surface area contributed by atoms with Gasteiger partial charge in [0.25, 0.3) is 5.69 Å². The molecule has 0 aliphatic rings. The summed E-state index contributed by atoms with van der Waals surface area (Å²) in [6.07, 6.45) is 0. The van der Waals surface area contributed by atoms with Crippen molar-refractivity contribution in [3.8, 4) is 11.5 Å². The number of ether oxygens (including phenoxy) is 2. The molecular formula is C20H14BrNO5. The van der Waals surface area contributed by atoms with Crippen molar-refractivity contribution in [1.29, 1.82) is 0 Å². The van der Waals surface area contributed by atoms with Crippen LogP contribution in [0.3, 0.4) is 0 Å². The van der Waals surface area contributed by atoms with Crippen LogP contribution in [0.1, 0.15) is 15.9 Å². The van der Waals surface area contributed by atoms with Crippen molar-refractivity contribution in [2.24, 2.45) is 0 Å². The van der Waals surface area contributed by atoms with E-state index in [0.717, 1.165) is 10.0 Å². The lowest BCUT2D eigenvalue weighted by atomic mass is 10.2. The van der Waals surface area contributed by atoms with Gasteiger partial charge in [-0.2, -0.15) is 0 Å². The molecule has 0 aliphatic heterocycles. The molecule has 3 rings (SSSR count). The number of nitro benzene ring substituents is 1. The average molecular weight is 428 g/mol. The van der Waals surface area contributed by atoms with E-state index in [1.807, 2.05) is 0 Å². The molecule has 3 aromatic carbocycles. The molecule has 136 valence electrons. The Hall–Kier alpha value is -3.19. The highest BCUT2D eigenvalue weighted by atomic mass is 79.9. The molecule has 0 N–H and O–H groups in total. The largest absolute Gasteiger partial charge is 0.457 e. The topological polar surface area (TPSA) is 78.7 Å². The lowest BCUT2D eigenvalue weighted by Crippen LogP contribution is -2.04. The maximum Gasteiger partial charge on any atom is 0.338 e. The van der Waals surface area contributed by atoms with Gasteiger partial charge < -0.3 is 9.47 Å². The summed E-state index contributed by atoms with van der Waals surface area (Å²) in [5.74, 6) is 0.676. The number of carbonyl (C=O) groups excluding carboxylic acids is 1. The molecule has 3 aromatic rings. The quantitative estimate of drug-likeness (QED) is 0.294. The summed E-state index contributed by atoms with van der Waals surface area (Å²) in [6, 6.07) is 19.8. The summed E-state index contributed by atoms with van der Waals surface area (Å²) in [6.45, 7) is 0.146. The van der Waals surface area contributed by atoms with Crippen molar-refractivity contribution in [1.82, 2.24) is 0 Å². The molecule has 0 saturated carbocycles. The molecule has 0 atom stereocenters. The van der Waals surface area contributed by atoms with Crippen LogP contribution in [0.2, 0.25) is 0 Å². The second-order valence-corrected chi connectivity index (χ2v) is 6.50. The van der Waals surface area contributed by atoms with Crippen LogP contribution >= 0.6 is 15.9 Å². The maximum atomic E-state index is 12.0. The maximum absolute atomic E-state index is 12.0. The minimum absolute atomic E-state index is 0.00490. The van der Waals surface area contributed by atoms with Crippen LogP contribution in [0.4, 0.5) is 5.69 Å². The van der Waals surface area contributed by atoms with E-state index in [9.17, 15) is 14.9 Å². The fraction of sp³-hybridized carbons (Fsp3) is 0.0500. The Morgan fingerprint density at radius 2 is 1.44 bits per heavy atom. The lowest BCUT2D eigenvalue weighted by molar-refractivity contribution is -0.384. The summed E-state index contributed by atoms with van der Waals surface area (Å²) < 4.78 is 11.8. The van der Waals surface area contributed by atoms with E-state index in [2.05, 4.69) is 15.9 Å². The summed E-state index contributed by atoms with van der Waals surface area (Å²) in [5.41, 5.74) is 1.30. The highest BCUT2D eigenvalue weighted by Crippen LogP contribution is 2.24. The van der Waals surface area contributed by atoms with E-state index in [-0.39, 0.29) is 12.3 Å². The number of hydrogen-bond acceptors (Lipinski definition) is 5. The molecular weight excluding hydrogens is 414 g/mol. The van der Waals surface area contributed by atoms with Gasteiger partial charge in [0, 0.05) is 16.6 Å². The van der Waals surface area contributed by atoms with E-state index >= 15 is 0 Å². The highest BCUT2D eigenvalue weighted by Gasteiger charge is 2.08. The molecule has 0 heterocycles. The van der Waals surface area contributed by atoms with Crippen molar-refractivity contribution in [3.05, 3.63) is 98.5 Å². The van der Waals surface area contributed by atoms with Crippen LogP contribution in [0.5, 0.6) is 11.5 Å². The fourth-order valence-corrected chi connectivity index (χ4v) is 2.51. The highest BCUT2D eigenvalue weighted by molar-refractivity contribution is 9.10. The molecule has 0 saturated heterocycles. The first-order valence-corrected chi connectivity index (χ1v) is 8.74. The molecule has 0 spiro atoms. The molecule has 7 heteroatoms. The second-order valence-electron chi connectivity index (χ2n) is 5.58. The van der Waals surface area contributed by atoms with Crippen molar-refractivity contribution < 1.29 is 19.2 Å². The SMILES string of the molecule is O=C(OCc1ccc(Oc2ccc([N+](=O)[O-])cc2)cc1)c1ccc(Br)cc1. The van der Waals surface area contributed by atoms with Gasteiger partial charge in [0.2, 0.25) is 0 Å². The van der Waals surface area contributed by atoms with Gasteiger partial charge in [0.05, 0.1) is 10.5 Å². The fourth-order valence-electron chi connectivity index (χ4n) is 2.24.